The fourth-order valence-electron chi connectivity index (χ4n) is 2.09. The molecule has 0 radical (unpaired) electrons. The molecule has 6 nitrogen and oxygen atoms in total. The van der Waals surface area contributed by atoms with Gasteiger partial charge in [0.05, 0.1) is 0 Å². The first-order valence-electron chi connectivity index (χ1n) is 6.91. The molecule has 18 heavy (non-hydrogen) atoms. The molecule has 0 saturated heterocycles. The lowest BCUT2D eigenvalue weighted by atomic mass is 9.84. The van der Waals surface area contributed by atoms with Crippen LogP contribution in [0.1, 0.15) is 33.6 Å². The van der Waals surface area contributed by atoms with Crippen molar-refractivity contribution < 1.29 is 0 Å². The van der Waals surface area contributed by atoms with Gasteiger partial charge in [-0.25, -0.2) is 5.43 Å². The van der Waals surface area contributed by atoms with E-state index in [1.54, 1.807) is 0 Å². The molecule has 8 N–H and O–H groups in total. The Morgan fingerprint density at radius 2 is 1.83 bits per heavy atom. The zero-order valence-electron chi connectivity index (χ0n) is 12.1. The summed E-state index contributed by atoms with van der Waals surface area (Å²) in [6.45, 7) is 10.1. The van der Waals surface area contributed by atoms with E-state index in [1.807, 2.05) is 0 Å². The van der Waals surface area contributed by atoms with Gasteiger partial charge in [0.25, 0.3) is 0 Å². The third kappa shape index (κ3) is 9.76. The summed E-state index contributed by atoms with van der Waals surface area (Å²) in [6.07, 6.45) is 2.42. The fourth-order valence-corrected chi connectivity index (χ4v) is 2.09. The molecule has 0 amide bonds. The summed E-state index contributed by atoms with van der Waals surface area (Å²) in [6, 6.07) is 0. The SMILES string of the molecule is CC(CNNN)CC(CCNCNCN)C(C)C. The first kappa shape index (κ1) is 17.8. The molecule has 6 heteroatoms. The van der Waals surface area contributed by atoms with Crippen molar-refractivity contribution in [2.45, 2.75) is 33.6 Å². The second-order valence-corrected chi connectivity index (χ2v) is 5.29. The normalized spacial score (nSPS) is 15.0. The smallest absolute Gasteiger partial charge is 0.0464 e. The molecule has 0 spiro atoms. The Morgan fingerprint density at radius 1 is 1.11 bits per heavy atom. The van der Waals surface area contributed by atoms with E-state index in [9.17, 15) is 0 Å². The van der Waals surface area contributed by atoms with Gasteiger partial charge in [-0.15, -0.1) is 0 Å². The van der Waals surface area contributed by atoms with Crippen molar-refractivity contribution in [3.8, 4) is 0 Å². The first-order chi connectivity index (χ1) is 8.61. The zero-order chi connectivity index (χ0) is 13.8. The van der Waals surface area contributed by atoms with Gasteiger partial charge in [0.15, 0.2) is 0 Å². The van der Waals surface area contributed by atoms with Crippen LogP contribution in [0, 0.1) is 17.8 Å². The van der Waals surface area contributed by atoms with Gasteiger partial charge in [0, 0.05) is 19.9 Å². The van der Waals surface area contributed by atoms with E-state index in [1.165, 1.54) is 12.8 Å². The molecule has 0 aromatic heterocycles. The number of hydrogen-bond acceptors (Lipinski definition) is 6. The zero-order valence-corrected chi connectivity index (χ0v) is 12.1. The lowest BCUT2D eigenvalue weighted by Crippen LogP contribution is -2.40. The highest BCUT2D eigenvalue weighted by atomic mass is 15.5. The Morgan fingerprint density at radius 3 is 2.39 bits per heavy atom. The maximum absolute atomic E-state index is 5.36. The van der Waals surface area contributed by atoms with Gasteiger partial charge in [0.1, 0.15) is 0 Å². The van der Waals surface area contributed by atoms with Crippen molar-refractivity contribution in [2.75, 3.05) is 26.4 Å². The maximum Gasteiger partial charge on any atom is 0.0464 e. The van der Waals surface area contributed by atoms with Gasteiger partial charge in [-0.05, 0) is 37.1 Å². The van der Waals surface area contributed by atoms with E-state index >= 15 is 0 Å². The first-order valence-corrected chi connectivity index (χ1v) is 6.91. The van der Waals surface area contributed by atoms with Crippen LogP contribution in [0.15, 0.2) is 0 Å². The van der Waals surface area contributed by atoms with Crippen molar-refractivity contribution in [2.24, 2.45) is 29.3 Å². The minimum absolute atomic E-state index is 0.523. The molecule has 2 unspecified atom stereocenters. The molecular weight excluding hydrogens is 228 g/mol. The predicted molar refractivity (Wildman–Crippen MR) is 77.1 cm³/mol. The summed E-state index contributed by atoms with van der Waals surface area (Å²) in [4.78, 5) is 0. The molecule has 0 saturated carbocycles. The fraction of sp³-hybridized carbons (Fsp3) is 1.00. The quantitative estimate of drug-likeness (QED) is 0.125. The molecule has 0 bridgehead atoms. The van der Waals surface area contributed by atoms with E-state index in [4.69, 9.17) is 11.6 Å². The summed E-state index contributed by atoms with van der Waals surface area (Å²) >= 11 is 0. The van der Waals surface area contributed by atoms with Crippen molar-refractivity contribution >= 4 is 0 Å². The average molecular weight is 260 g/mol. The second kappa shape index (κ2) is 11.8. The van der Waals surface area contributed by atoms with Crippen LogP contribution in [0.5, 0.6) is 0 Å². The summed E-state index contributed by atoms with van der Waals surface area (Å²) in [7, 11) is 0. The van der Waals surface area contributed by atoms with Gasteiger partial charge >= 0.3 is 0 Å². The van der Waals surface area contributed by atoms with Gasteiger partial charge < -0.3 is 11.1 Å². The lowest BCUT2D eigenvalue weighted by molar-refractivity contribution is 0.276. The van der Waals surface area contributed by atoms with Crippen molar-refractivity contribution in [3.63, 3.8) is 0 Å². The van der Waals surface area contributed by atoms with Crippen molar-refractivity contribution in [1.82, 2.24) is 21.6 Å². The minimum Gasteiger partial charge on any atom is -0.318 e. The predicted octanol–water partition coefficient (Wildman–Crippen LogP) is -0.304. The number of nitrogens with one attached hydrogen (secondary N) is 4. The standard InChI is InChI=1S/C12H32N6/c1-10(2)12(4-5-15-9-16-8-13)6-11(3)7-17-18-14/h10-12,15-18H,4-9,13-14H2,1-3H3. The Labute approximate surface area is 112 Å². The molecule has 0 fully saturated rings. The number of hydrazine groups is 2. The third-order valence-electron chi connectivity index (χ3n) is 3.29. The highest BCUT2D eigenvalue weighted by Crippen LogP contribution is 2.23. The van der Waals surface area contributed by atoms with Gasteiger partial charge in [-0.2, -0.15) is 5.53 Å². The molecule has 0 aliphatic carbocycles. The van der Waals surface area contributed by atoms with Crippen LogP contribution in [0.4, 0.5) is 0 Å². The van der Waals surface area contributed by atoms with Crippen LogP contribution in [-0.4, -0.2) is 26.4 Å². The number of hydrogen-bond donors (Lipinski definition) is 6. The Balaban J connectivity index is 3.77. The Hall–Kier alpha value is -0.240. The summed E-state index contributed by atoms with van der Waals surface area (Å²) in [5.41, 5.74) is 10.8. The van der Waals surface area contributed by atoms with Crippen LogP contribution in [-0.2, 0) is 0 Å². The molecule has 0 aliphatic rings. The molecule has 0 heterocycles. The third-order valence-corrected chi connectivity index (χ3v) is 3.29. The van der Waals surface area contributed by atoms with Gasteiger partial charge in [-0.1, -0.05) is 20.8 Å². The summed E-state index contributed by atoms with van der Waals surface area (Å²) in [5, 5.41) is 6.40. The lowest BCUT2D eigenvalue weighted by Gasteiger charge is -2.24. The second-order valence-electron chi connectivity index (χ2n) is 5.29. The van der Waals surface area contributed by atoms with Crippen LogP contribution >= 0.6 is 0 Å². The van der Waals surface area contributed by atoms with Crippen LogP contribution in [0.25, 0.3) is 0 Å². The maximum atomic E-state index is 5.36. The molecule has 110 valence electrons. The van der Waals surface area contributed by atoms with Crippen LogP contribution in [0.3, 0.4) is 0 Å². The molecule has 0 aliphatic heterocycles. The van der Waals surface area contributed by atoms with E-state index in [-0.39, 0.29) is 0 Å². The van der Waals surface area contributed by atoms with Crippen molar-refractivity contribution in [1.29, 1.82) is 0 Å². The van der Waals surface area contributed by atoms with E-state index < -0.39 is 0 Å². The van der Waals surface area contributed by atoms with E-state index in [0.717, 1.165) is 25.7 Å². The Kier molecular flexibility index (Phi) is 11.7. The molecule has 0 rings (SSSR count). The van der Waals surface area contributed by atoms with Crippen LogP contribution in [0.2, 0.25) is 0 Å². The average Bonchev–Trinajstić information content (AvgIpc) is 2.34. The Bertz CT molecular complexity index is 176. The molecule has 0 aromatic rings. The number of nitrogens with two attached hydrogens (primary N) is 2. The monoisotopic (exact) mass is 260 g/mol. The molecular formula is C12H32N6. The molecule has 2 atom stereocenters. The van der Waals surface area contributed by atoms with E-state index in [0.29, 0.717) is 18.5 Å². The van der Waals surface area contributed by atoms with Gasteiger partial charge in [-0.3, -0.25) is 11.2 Å². The van der Waals surface area contributed by atoms with Gasteiger partial charge in [0.2, 0.25) is 0 Å². The summed E-state index contributed by atoms with van der Waals surface area (Å²) < 4.78 is 0. The summed E-state index contributed by atoms with van der Waals surface area (Å²) in [5.74, 6) is 7.28. The topological polar surface area (TPSA) is 100 Å². The van der Waals surface area contributed by atoms with E-state index in [2.05, 4.69) is 42.4 Å². The van der Waals surface area contributed by atoms with Crippen LogP contribution < -0.4 is 33.2 Å². The van der Waals surface area contributed by atoms with Crippen molar-refractivity contribution in [3.05, 3.63) is 0 Å². The highest BCUT2D eigenvalue weighted by molar-refractivity contribution is 4.69. The largest absolute Gasteiger partial charge is 0.318 e. The molecule has 0 aromatic carbocycles. The minimum atomic E-state index is 0.523. The number of rotatable bonds is 12. The highest BCUT2D eigenvalue weighted by Gasteiger charge is 2.16.